The van der Waals surface area contributed by atoms with Gasteiger partial charge < -0.3 is 14.8 Å². The Bertz CT molecular complexity index is 156. The molecular formula is C13H27NO2. The summed E-state index contributed by atoms with van der Waals surface area (Å²) in [7, 11) is 0. The van der Waals surface area contributed by atoms with Gasteiger partial charge in [0.25, 0.3) is 0 Å². The molecule has 0 aliphatic heterocycles. The van der Waals surface area contributed by atoms with Gasteiger partial charge in [-0.2, -0.15) is 0 Å². The maximum atomic E-state index is 5.49. The third-order valence-corrected chi connectivity index (χ3v) is 2.96. The first kappa shape index (κ1) is 13.9. The Morgan fingerprint density at radius 3 is 2.50 bits per heavy atom. The van der Waals surface area contributed by atoms with Crippen molar-refractivity contribution in [3.63, 3.8) is 0 Å². The van der Waals surface area contributed by atoms with Crippen LogP contribution in [0.1, 0.15) is 46.0 Å². The van der Waals surface area contributed by atoms with Crippen LogP contribution in [0.3, 0.4) is 0 Å². The van der Waals surface area contributed by atoms with Crippen molar-refractivity contribution < 1.29 is 9.47 Å². The predicted octanol–water partition coefficient (Wildman–Crippen LogP) is 2.35. The molecule has 0 unspecified atom stereocenters. The Hall–Kier alpha value is -0.120. The van der Waals surface area contributed by atoms with E-state index in [1.807, 2.05) is 13.8 Å². The summed E-state index contributed by atoms with van der Waals surface area (Å²) < 4.78 is 10.9. The van der Waals surface area contributed by atoms with Gasteiger partial charge in [-0.15, -0.1) is 0 Å². The van der Waals surface area contributed by atoms with Crippen LogP contribution in [-0.2, 0) is 9.47 Å². The lowest BCUT2D eigenvalue weighted by atomic mass is 9.96. The second kappa shape index (κ2) is 8.97. The molecule has 0 aromatic carbocycles. The molecule has 3 heteroatoms. The van der Waals surface area contributed by atoms with Crippen molar-refractivity contribution in [1.82, 2.24) is 5.32 Å². The summed E-state index contributed by atoms with van der Waals surface area (Å²) in [4.78, 5) is 0. The minimum Gasteiger partial charge on any atom is -0.378 e. The van der Waals surface area contributed by atoms with Crippen LogP contribution in [0.15, 0.2) is 0 Å². The highest BCUT2D eigenvalue weighted by Crippen LogP contribution is 2.16. The van der Waals surface area contributed by atoms with E-state index in [4.69, 9.17) is 9.47 Å². The van der Waals surface area contributed by atoms with Crippen LogP contribution < -0.4 is 5.32 Å². The second-order valence-electron chi connectivity index (χ2n) is 4.82. The molecular weight excluding hydrogens is 202 g/mol. The molecule has 1 fully saturated rings. The second-order valence-corrected chi connectivity index (χ2v) is 4.82. The number of ether oxygens (including phenoxy) is 2. The van der Waals surface area contributed by atoms with E-state index in [1.54, 1.807) is 0 Å². The van der Waals surface area contributed by atoms with Crippen LogP contribution in [0.4, 0.5) is 0 Å². The van der Waals surface area contributed by atoms with Gasteiger partial charge in [0.2, 0.25) is 0 Å². The average molecular weight is 229 g/mol. The molecule has 0 aromatic heterocycles. The van der Waals surface area contributed by atoms with Gasteiger partial charge in [-0.25, -0.2) is 0 Å². The van der Waals surface area contributed by atoms with Crippen molar-refractivity contribution in [2.45, 2.75) is 58.1 Å². The molecule has 0 saturated heterocycles. The van der Waals surface area contributed by atoms with Gasteiger partial charge in [-0.05, 0) is 26.7 Å². The van der Waals surface area contributed by atoms with Gasteiger partial charge in [0.15, 0.2) is 0 Å². The molecule has 0 heterocycles. The Morgan fingerprint density at radius 1 is 1.06 bits per heavy atom. The van der Waals surface area contributed by atoms with Gasteiger partial charge in [0.1, 0.15) is 0 Å². The fourth-order valence-electron chi connectivity index (χ4n) is 2.09. The number of nitrogens with one attached hydrogen (secondary N) is 1. The standard InChI is InChI=1S/C13H27NO2/c1-12(2)16-11-10-15-9-8-14-13-6-4-3-5-7-13/h12-14H,3-11H2,1-2H3. The van der Waals surface area contributed by atoms with Gasteiger partial charge in [0, 0.05) is 12.6 Å². The van der Waals surface area contributed by atoms with Crippen LogP contribution in [-0.4, -0.2) is 38.5 Å². The average Bonchev–Trinajstić information content (AvgIpc) is 2.29. The zero-order valence-corrected chi connectivity index (χ0v) is 10.8. The zero-order valence-electron chi connectivity index (χ0n) is 10.8. The van der Waals surface area contributed by atoms with Crippen LogP contribution >= 0.6 is 0 Å². The number of rotatable bonds is 8. The van der Waals surface area contributed by atoms with Crippen molar-refractivity contribution in [3.8, 4) is 0 Å². The number of hydrogen-bond donors (Lipinski definition) is 1. The normalized spacial score (nSPS) is 18.2. The lowest BCUT2D eigenvalue weighted by Gasteiger charge is -2.22. The quantitative estimate of drug-likeness (QED) is 0.648. The monoisotopic (exact) mass is 229 g/mol. The molecule has 0 bridgehead atoms. The first-order chi connectivity index (χ1) is 7.79. The van der Waals surface area contributed by atoms with Crippen LogP contribution in [0, 0.1) is 0 Å². The molecule has 3 nitrogen and oxygen atoms in total. The highest BCUT2D eigenvalue weighted by atomic mass is 16.5. The van der Waals surface area contributed by atoms with E-state index >= 15 is 0 Å². The summed E-state index contributed by atoms with van der Waals surface area (Å²) in [5, 5.41) is 3.56. The predicted molar refractivity (Wildman–Crippen MR) is 66.8 cm³/mol. The molecule has 96 valence electrons. The van der Waals surface area contributed by atoms with Crippen molar-refractivity contribution in [3.05, 3.63) is 0 Å². The smallest absolute Gasteiger partial charge is 0.0703 e. The summed E-state index contributed by atoms with van der Waals surface area (Å²) in [5.41, 5.74) is 0. The molecule has 1 aliphatic rings. The zero-order chi connectivity index (χ0) is 11.6. The Labute approximate surface area is 99.9 Å². The topological polar surface area (TPSA) is 30.5 Å². The lowest BCUT2D eigenvalue weighted by Crippen LogP contribution is -2.33. The van der Waals surface area contributed by atoms with E-state index < -0.39 is 0 Å². The molecule has 1 saturated carbocycles. The first-order valence-corrected chi connectivity index (χ1v) is 6.72. The van der Waals surface area contributed by atoms with E-state index in [0.717, 1.165) is 19.2 Å². The van der Waals surface area contributed by atoms with E-state index in [9.17, 15) is 0 Å². The third kappa shape index (κ3) is 7.20. The van der Waals surface area contributed by atoms with E-state index in [-0.39, 0.29) is 0 Å². The molecule has 0 atom stereocenters. The first-order valence-electron chi connectivity index (χ1n) is 6.72. The Morgan fingerprint density at radius 2 is 1.81 bits per heavy atom. The van der Waals surface area contributed by atoms with Crippen molar-refractivity contribution in [2.24, 2.45) is 0 Å². The van der Waals surface area contributed by atoms with Crippen molar-refractivity contribution in [1.29, 1.82) is 0 Å². The summed E-state index contributed by atoms with van der Waals surface area (Å²) >= 11 is 0. The molecule has 0 amide bonds. The molecule has 1 N–H and O–H groups in total. The maximum absolute atomic E-state index is 5.49. The summed E-state index contributed by atoms with van der Waals surface area (Å²) in [6.07, 6.45) is 7.19. The highest BCUT2D eigenvalue weighted by Gasteiger charge is 2.11. The molecule has 16 heavy (non-hydrogen) atoms. The summed E-state index contributed by atoms with van der Waals surface area (Å²) in [6, 6.07) is 0.740. The minimum atomic E-state index is 0.309. The van der Waals surface area contributed by atoms with Crippen molar-refractivity contribution >= 4 is 0 Å². The third-order valence-electron chi connectivity index (χ3n) is 2.96. The van der Waals surface area contributed by atoms with Crippen LogP contribution in [0.5, 0.6) is 0 Å². The minimum absolute atomic E-state index is 0.309. The largest absolute Gasteiger partial charge is 0.378 e. The SMILES string of the molecule is CC(C)OCCOCCNC1CCCCC1. The van der Waals surface area contributed by atoms with E-state index in [2.05, 4.69) is 5.32 Å². The lowest BCUT2D eigenvalue weighted by molar-refractivity contribution is 0.0198. The van der Waals surface area contributed by atoms with Gasteiger partial charge >= 0.3 is 0 Å². The molecule has 1 rings (SSSR count). The van der Waals surface area contributed by atoms with E-state index in [1.165, 1.54) is 32.1 Å². The Balaban J connectivity index is 1.80. The van der Waals surface area contributed by atoms with Crippen molar-refractivity contribution in [2.75, 3.05) is 26.4 Å². The van der Waals surface area contributed by atoms with Gasteiger partial charge in [0.05, 0.1) is 25.9 Å². The molecule has 1 aliphatic carbocycles. The van der Waals surface area contributed by atoms with Gasteiger partial charge in [-0.3, -0.25) is 0 Å². The number of hydrogen-bond acceptors (Lipinski definition) is 3. The van der Waals surface area contributed by atoms with Crippen LogP contribution in [0.2, 0.25) is 0 Å². The fourth-order valence-corrected chi connectivity index (χ4v) is 2.09. The Kier molecular flexibility index (Phi) is 7.81. The fraction of sp³-hybridized carbons (Fsp3) is 1.00. The van der Waals surface area contributed by atoms with E-state index in [0.29, 0.717) is 19.3 Å². The van der Waals surface area contributed by atoms with Gasteiger partial charge in [-0.1, -0.05) is 19.3 Å². The molecule has 0 spiro atoms. The van der Waals surface area contributed by atoms with Crippen LogP contribution in [0.25, 0.3) is 0 Å². The molecule has 0 aromatic rings. The maximum Gasteiger partial charge on any atom is 0.0703 e. The summed E-state index contributed by atoms with van der Waals surface area (Å²) in [5.74, 6) is 0. The molecule has 0 radical (unpaired) electrons. The summed E-state index contributed by atoms with van der Waals surface area (Å²) in [6.45, 7) is 7.30. The highest BCUT2D eigenvalue weighted by molar-refractivity contribution is 4.71.